The SMILES string of the molecule is COc1ccc(CN=C(N)NCCCc2c(C)nn(C)c2C)cc1OC. The molecule has 0 aliphatic rings. The number of nitrogens with one attached hydrogen (secondary N) is 1. The lowest BCUT2D eigenvalue weighted by Gasteiger charge is -2.09. The average Bonchev–Trinajstić information content (AvgIpc) is 2.88. The maximum Gasteiger partial charge on any atom is 0.188 e. The van der Waals surface area contributed by atoms with Gasteiger partial charge in [-0.1, -0.05) is 6.07 Å². The van der Waals surface area contributed by atoms with Crippen LogP contribution in [0.3, 0.4) is 0 Å². The quantitative estimate of drug-likeness (QED) is 0.428. The summed E-state index contributed by atoms with van der Waals surface area (Å²) >= 11 is 0. The first-order valence-electron chi connectivity index (χ1n) is 8.70. The molecule has 0 aliphatic carbocycles. The highest BCUT2D eigenvalue weighted by Gasteiger charge is 2.08. The van der Waals surface area contributed by atoms with E-state index in [1.807, 2.05) is 29.9 Å². The molecule has 0 saturated heterocycles. The summed E-state index contributed by atoms with van der Waals surface area (Å²) in [5, 5.41) is 7.61. The Bertz CT molecular complexity index is 768. The Morgan fingerprint density at radius 2 is 1.96 bits per heavy atom. The molecule has 3 N–H and O–H groups in total. The number of guanidine groups is 1. The van der Waals surface area contributed by atoms with Gasteiger partial charge in [0.2, 0.25) is 0 Å². The van der Waals surface area contributed by atoms with Gasteiger partial charge in [-0.2, -0.15) is 5.10 Å². The topological polar surface area (TPSA) is 86.7 Å². The molecule has 0 atom stereocenters. The highest BCUT2D eigenvalue weighted by atomic mass is 16.5. The molecular weight excluding hydrogens is 330 g/mol. The van der Waals surface area contributed by atoms with E-state index in [9.17, 15) is 0 Å². The second-order valence-corrected chi connectivity index (χ2v) is 6.19. The summed E-state index contributed by atoms with van der Waals surface area (Å²) in [6, 6.07) is 5.72. The fourth-order valence-corrected chi connectivity index (χ4v) is 2.87. The molecule has 1 aromatic carbocycles. The van der Waals surface area contributed by atoms with Crippen molar-refractivity contribution in [1.29, 1.82) is 0 Å². The van der Waals surface area contributed by atoms with Crippen LogP contribution < -0.4 is 20.5 Å². The molecule has 2 aromatic rings. The average molecular weight is 359 g/mol. The van der Waals surface area contributed by atoms with Crippen LogP contribution in [0.4, 0.5) is 0 Å². The maximum atomic E-state index is 5.96. The van der Waals surface area contributed by atoms with Crippen LogP contribution in [0.25, 0.3) is 0 Å². The first-order valence-corrected chi connectivity index (χ1v) is 8.70. The van der Waals surface area contributed by atoms with Crippen molar-refractivity contribution in [2.45, 2.75) is 33.2 Å². The third-order valence-electron chi connectivity index (χ3n) is 4.45. The lowest BCUT2D eigenvalue weighted by atomic mass is 10.1. The molecule has 7 nitrogen and oxygen atoms in total. The number of benzene rings is 1. The summed E-state index contributed by atoms with van der Waals surface area (Å²) in [5.74, 6) is 1.83. The van der Waals surface area contributed by atoms with Crippen molar-refractivity contribution in [3.63, 3.8) is 0 Å². The maximum absolute atomic E-state index is 5.96. The number of nitrogens with zero attached hydrogens (tertiary/aromatic N) is 3. The number of rotatable bonds is 8. The van der Waals surface area contributed by atoms with Crippen molar-refractivity contribution in [2.24, 2.45) is 17.8 Å². The van der Waals surface area contributed by atoms with Crippen molar-refractivity contribution in [3.8, 4) is 11.5 Å². The number of hydrogen-bond acceptors (Lipinski definition) is 4. The Labute approximate surface area is 155 Å². The van der Waals surface area contributed by atoms with E-state index in [0.717, 1.165) is 30.6 Å². The van der Waals surface area contributed by atoms with E-state index in [4.69, 9.17) is 15.2 Å². The van der Waals surface area contributed by atoms with Gasteiger partial charge in [0.05, 0.1) is 26.5 Å². The van der Waals surface area contributed by atoms with E-state index >= 15 is 0 Å². The first kappa shape index (κ1) is 19.6. The predicted molar refractivity (Wildman–Crippen MR) is 104 cm³/mol. The summed E-state index contributed by atoms with van der Waals surface area (Å²) in [4.78, 5) is 4.38. The number of methoxy groups -OCH3 is 2. The van der Waals surface area contributed by atoms with Gasteiger partial charge in [0.1, 0.15) is 0 Å². The lowest BCUT2D eigenvalue weighted by Crippen LogP contribution is -2.32. The van der Waals surface area contributed by atoms with Crippen LogP contribution in [0.1, 0.15) is 28.9 Å². The van der Waals surface area contributed by atoms with Crippen LogP contribution in [0.15, 0.2) is 23.2 Å². The molecule has 0 radical (unpaired) electrons. The smallest absolute Gasteiger partial charge is 0.188 e. The summed E-state index contributed by atoms with van der Waals surface area (Å²) < 4.78 is 12.5. The van der Waals surface area contributed by atoms with E-state index in [1.165, 1.54) is 11.3 Å². The van der Waals surface area contributed by atoms with Crippen molar-refractivity contribution in [2.75, 3.05) is 20.8 Å². The van der Waals surface area contributed by atoms with E-state index in [-0.39, 0.29) is 0 Å². The molecule has 0 saturated carbocycles. The van der Waals surface area contributed by atoms with Gasteiger partial charge in [0, 0.05) is 19.3 Å². The van der Waals surface area contributed by atoms with E-state index in [1.54, 1.807) is 14.2 Å². The number of aliphatic imine (C=N–C) groups is 1. The molecule has 0 bridgehead atoms. The van der Waals surface area contributed by atoms with Crippen LogP contribution in [-0.4, -0.2) is 36.5 Å². The Kier molecular flexibility index (Phi) is 6.89. The Morgan fingerprint density at radius 3 is 2.58 bits per heavy atom. The first-order chi connectivity index (χ1) is 12.5. The Hall–Kier alpha value is -2.70. The third-order valence-corrected chi connectivity index (χ3v) is 4.45. The summed E-state index contributed by atoms with van der Waals surface area (Å²) in [6.45, 7) is 5.41. The zero-order valence-corrected chi connectivity index (χ0v) is 16.3. The molecule has 0 amide bonds. The standard InChI is InChI=1S/C19H29N5O2/c1-13-16(14(2)24(3)23-13)7-6-10-21-19(20)22-12-15-8-9-17(25-4)18(11-15)26-5/h8-9,11H,6-7,10,12H2,1-5H3,(H3,20,21,22). The number of ether oxygens (including phenoxy) is 2. The van der Waals surface area contributed by atoms with Crippen molar-refractivity contribution in [1.82, 2.24) is 15.1 Å². The van der Waals surface area contributed by atoms with E-state index in [0.29, 0.717) is 24.0 Å². The molecule has 0 unspecified atom stereocenters. The van der Waals surface area contributed by atoms with Crippen LogP contribution in [0, 0.1) is 13.8 Å². The van der Waals surface area contributed by atoms with E-state index in [2.05, 4.69) is 29.3 Å². The lowest BCUT2D eigenvalue weighted by molar-refractivity contribution is 0.354. The molecule has 0 spiro atoms. The Balaban J connectivity index is 1.81. The molecule has 7 heteroatoms. The summed E-state index contributed by atoms with van der Waals surface area (Å²) in [6.07, 6.45) is 1.95. The Morgan fingerprint density at radius 1 is 1.23 bits per heavy atom. The summed E-state index contributed by atoms with van der Waals surface area (Å²) in [7, 11) is 5.21. The molecule has 1 heterocycles. The van der Waals surface area contributed by atoms with Crippen molar-refractivity contribution >= 4 is 5.96 Å². The van der Waals surface area contributed by atoms with Gasteiger partial charge in [-0.25, -0.2) is 4.99 Å². The van der Waals surface area contributed by atoms with Gasteiger partial charge < -0.3 is 20.5 Å². The zero-order chi connectivity index (χ0) is 19.1. The molecule has 26 heavy (non-hydrogen) atoms. The van der Waals surface area contributed by atoms with Gasteiger partial charge >= 0.3 is 0 Å². The zero-order valence-electron chi connectivity index (χ0n) is 16.3. The number of aromatic nitrogens is 2. The minimum atomic E-state index is 0.444. The number of aryl methyl sites for hydroxylation is 2. The number of nitrogens with two attached hydrogens (primary N) is 1. The molecular formula is C19H29N5O2. The van der Waals surface area contributed by atoms with Crippen LogP contribution in [0.2, 0.25) is 0 Å². The third kappa shape index (κ3) is 4.91. The molecule has 142 valence electrons. The monoisotopic (exact) mass is 359 g/mol. The molecule has 0 fully saturated rings. The molecule has 2 rings (SSSR count). The minimum absolute atomic E-state index is 0.444. The van der Waals surface area contributed by atoms with Crippen molar-refractivity contribution in [3.05, 3.63) is 40.7 Å². The normalized spacial score (nSPS) is 11.5. The van der Waals surface area contributed by atoms with Crippen LogP contribution in [0.5, 0.6) is 11.5 Å². The van der Waals surface area contributed by atoms with Crippen LogP contribution >= 0.6 is 0 Å². The molecule has 0 aliphatic heterocycles. The van der Waals surface area contributed by atoms with Gasteiger partial charge in [-0.05, 0) is 49.9 Å². The second-order valence-electron chi connectivity index (χ2n) is 6.19. The van der Waals surface area contributed by atoms with Crippen LogP contribution in [-0.2, 0) is 20.0 Å². The van der Waals surface area contributed by atoms with Gasteiger partial charge in [0.15, 0.2) is 17.5 Å². The van der Waals surface area contributed by atoms with E-state index < -0.39 is 0 Å². The highest BCUT2D eigenvalue weighted by Crippen LogP contribution is 2.27. The fraction of sp³-hybridized carbons (Fsp3) is 0.474. The van der Waals surface area contributed by atoms with Gasteiger partial charge in [-0.15, -0.1) is 0 Å². The van der Waals surface area contributed by atoms with Gasteiger partial charge in [-0.3, -0.25) is 4.68 Å². The predicted octanol–water partition coefficient (Wildman–Crippen LogP) is 2.09. The highest BCUT2D eigenvalue weighted by molar-refractivity contribution is 5.77. The number of hydrogen-bond donors (Lipinski definition) is 2. The minimum Gasteiger partial charge on any atom is -0.493 e. The largest absolute Gasteiger partial charge is 0.493 e. The molecule has 1 aromatic heterocycles. The fourth-order valence-electron chi connectivity index (χ4n) is 2.87. The van der Waals surface area contributed by atoms with Crippen molar-refractivity contribution < 1.29 is 9.47 Å². The second kappa shape index (κ2) is 9.12. The summed E-state index contributed by atoms with van der Waals surface area (Å²) in [5.41, 5.74) is 10.6. The van der Waals surface area contributed by atoms with Gasteiger partial charge in [0.25, 0.3) is 0 Å².